The number of hydrogen-bond donors (Lipinski definition) is 2. The maximum Gasteiger partial charge on any atom is 0.226 e. The summed E-state index contributed by atoms with van der Waals surface area (Å²) in [7, 11) is 0. The van der Waals surface area contributed by atoms with Gasteiger partial charge in [0.05, 0.1) is 5.69 Å². The SMILES string of the molecule is CC(=O)Nc1cccc(N(CCC(=O)Nc2ccc(F)c(F)c2F)C(C)=O)c1. The quantitative estimate of drug-likeness (QED) is 0.738. The summed E-state index contributed by atoms with van der Waals surface area (Å²) in [5.74, 6) is -5.87. The topological polar surface area (TPSA) is 78.5 Å². The molecule has 0 aliphatic rings. The van der Waals surface area contributed by atoms with E-state index in [1.165, 1.54) is 18.7 Å². The highest BCUT2D eigenvalue weighted by Crippen LogP contribution is 2.22. The van der Waals surface area contributed by atoms with Crippen molar-refractivity contribution in [2.45, 2.75) is 20.3 Å². The van der Waals surface area contributed by atoms with Crippen LogP contribution < -0.4 is 15.5 Å². The highest BCUT2D eigenvalue weighted by Gasteiger charge is 2.17. The Labute approximate surface area is 159 Å². The molecule has 148 valence electrons. The monoisotopic (exact) mass is 393 g/mol. The van der Waals surface area contributed by atoms with Gasteiger partial charge in [-0.3, -0.25) is 14.4 Å². The number of halogens is 3. The van der Waals surface area contributed by atoms with E-state index in [-0.39, 0.29) is 24.8 Å². The van der Waals surface area contributed by atoms with Gasteiger partial charge < -0.3 is 15.5 Å². The van der Waals surface area contributed by atoms with E-state index in [4.69, 9.17) is 0 Å². The molecule has 0 saturated heterocycles. The summed E-state index contributed by atoms with van der Waals surface area (Å²) in [6.07, 6.45) is -0.220. The first kappa shape index (κ1) is 20.9. The molecule has 2 N–H and O–H groups in total. The van der Waals surface area contributed by atoms with Crippen LogP contribution in [0.15, 0.2) is 36.4 Å². The zero-order chi connectivity index (χ0) is 20.8. The van der Waals surface area contributed by atoms with Crippen LogP contribution in [0.2, 0.25) is 0 Å². The summed E-state index contributed by atoms with van der Waals surface area (Å²) in [5.41, 5.74) is 0.432. The largest absolute Gasteiger partial charge is 0.326 e. The lowest BCUT2D eigenvalue weighted by Gasteiger charge is -2.21. The van der Waals surface area contributed by atoms with Crippen LogP contribution in [0, 0.1) is 17.5 Å². The lowest BCUT2D eigenvalue weighted by atomic mass is 10.2. The van der Waals surface area contributed by atoms with Gasteiger partial charge in [-0.05, 0) is 30.3 Å². The molecule has 0 spiro atoms. The van der Waals surface area contributed by atoms with E-state index in [9.17, 15) is 27.6 Å². The van der Waals surface area contributed by atoms with Gasteiger partial charge in [-0.25, -0.2) is 13.2 Å². The zero-order valence-electron chi connectivity index (χ0n) is 15.2. The lowest BCUT2D eigenvalue weighted by Crippen LogP contribution is -2.32. The minimum absolute atomic E-state index is 0.0456. The molecule has 0 heterocycles. The molecular weight excluding hydrogens is 375 g/mol. The van der Waals surface area contributed by atoms with Crippen molar-refractivity contribution in [1.82, 2.24) is 0 Å². The predicted octanol–water partition coefficient (Wildman–Crippen LogP) is 3.44. The Bertz CT molecular complexity index is 919. The van der Waals surface area contributed by atoms with E-state index in [0.29, 0.717) is 17.4 Å². The molecule has 6 nitrogen and oxygen atoms in total. The van der Waals surface area contributed by atoms with E-state index in [1.54, 1.807) is 24.3 Å². The van der Waals surface area contributed by atoms with Crippen molar-refractivity contribution in [1.29, 1.82) is 0 Å². The molecule has 2 rings (SSSR count). The number of nitrogens with one attached hydrogen (secondary N) is 2. The van der Waals surface area contributed by atoms with Crippen LogP contribution in [0.5, 0.6) is 0 Å². The molecule has 0 aliphatic carbocycles. The average Bonchev–Trinajstić information content (AvgIpc) is 2.62. The normalized spacial score (nSPS) is 10.3. The maximum absolute atomic E-state index is 13.6. The van der Waals surface area contributed by atoms with Crippen LogP contribution in [0.25, 0.3) is 0 Å². The van der Waals surface area contributed by atoms with Crippen molar-refractivity contribution in [3.63, 3.8) is 0 Å². The smallest absolute Gasteiger partial charge is 0.226 e. The Kier molecular flexibility index (Phi) is 6.75. The van der Waals surface area contributed by atoms with Crippen LogP contribution in [0.4, 0.5) is 30.2 Å². The second-order valence-corrected chi connectivity index (χ2v) is 5.92. The van der Waals surface area contributed by atoms with E-state index >= 15 is 0 Å². The highest BCUT2D eigenvalue weighted by atomic mass is 19.2. The van der Waals surface area contributed by atoms with E-state index < -0.39 is 29.0 Å². The predicted molar refractivity (Wildman–Crippen MR) is 98.3 cm³/mol. The van der Waals surface area contributed by atoms with Crippen LogP contribution >= 0.6 is 0 Å². The Hall–Kier alpha value is -3.36. The molecule has 0 aromatic heterocycles. The fraction of sp³-hybridized carbons (Fsp3) is 0.211. The number of carbonyl (C=O) groups is 3. The minimum Gasteiger partial charge on any atom is -0.326 e. The number of nitrogens with zero attached hydrogens (tertiary/aromatic N) is 1. The van der Waals surface area contributed by atoms with Gasteiger partial charge in [0.15, 0.2) is 17.5 Å². The lowest BCUT2D eigenvalue weighted by molar-refractivity contribution is -0.117. The van der Waals surface area contributed by atoms with Gasteiger partial charge in [0.1, 0.15) is 0 Å². The standard InChI is InChI=1S/C19H18F3N3O3/c1-11(26)23-13-4-3-5-14(10-13)25(12(2)27)9-8-17(28)24-16-7-6-15(20)18(21)19(16)22/h3-7,10H,8-9H2,1-2H3,(H,23,26)(H,24,28). The fourth-order valence-electron chi connectivity index (χ4n) is 2.47. The van der Waals surface area contributed by atoms with Gasteiger partial charge in [-0.2, -0.15) is 0 Å². The highest BCUT2D eigenvalue weighted by molar-refractivity contribution is 5.96. The molecule has 2 aromatic carbocycles. The molecular formula is C19H18F3N3O3. The van der Waals surface area contributed by atoms with Gasteiger partial charge in [0.25, 0.3) is 0 Å². The third-order valence-electron chi connectivity index (χ3n) is 3.73. The number of rotatable bonds is 6. The van der Waals surface area contributed by atoms with Gasteiger partial charge in [0.2, 0.25) is 17.7 Å². The molecule has 2 aromatic rings. The molecule has 0 radical (unpaired) electrons. The number of amides is 3. The van der Waals surface area contributed by atoms with Crippen molar-refractivity contribution >= 4 is 34.8 Å². The van der Waals surface area contributed by atoms with E-state index in [2.05, 4.69) is 10.6 Å². The minimum atomic E-state index is -1.68. The Morgan fingerprint density at radius 1 is 0.964 bits per heavy atom. The molecule has 3 amide bonds. The molecule has 0 saturated carbocycles. The zero-order valence-corrected chi connectivity index (χ0v) is 15.2. The maximum atomic E-state index is 13.6. The van der Waals surface area contributed by atoms with Crippen molar-refractivity contribution < 1.29 is 27.6 Å². The first-order valence-corrected chi connectivity index (χ1v) is 8.28. The van der Waals surface area contributed by atoms with Gasteiger partial charge >= 0.3 is 0 Å². The molecule has 0 fully saturated rings. The van der Waals surface area contributed by atoms with Gasteiger partial charge in [-0.1, -0.05) is 6.07 Å². The molecule has 0 unspecified atom stereocenters. The Morgan fingerprint density at radius 2 is 1.68 bits per heavy atom. The summed E-state index contributed by atoms with van der Waals surface area (Å²) in [6.45, 7) is 2.60. The summed E-state index contributed by atoms with van der Waals surface area (Å²) in [4.78, 5) is 36.4. The number of hydrogen-bond acceptors (Lipinski definition) is 3. The van der Waals surface area contributed by atoms with Crippen molar-refractivity contribution in [3.8, 4) is 0 Å². The fourth-order valence-corrected chi connectivity index (χ4v) is 2.47. The first-order valence-electron chi connectivity index (χ1n) is 8.28. The first-order chi connectivity index (χ1) is 13.2. The van der Waals surface area contributed by atoms with Gasteiger partial charge in [-0.15, -0.1) is 0 Å². The summed E-state index contributed by atoms with van der Waals surface area (Å²) in [5, 5.41) is 4.73. The van der Waals surface area contributed by atoms with Crippen molar-refractivity contribution in [2.75, 3.05) is 22.1 Å². The summed E-state index contributed by atoms with van der Waals surface area (Å²) < 4.78 is 39.8. The number of anilines is 3. The second-order valence-electron chi connectivity index (χ2n) is 5.92. The van der Waals surface area contributed by atoms with Crippen LogP contribution in [0.1, 0.15) is 20.3 Å². The molecule has 9 heteroatoms. The third kappa shape index (κ3) is 5.32. The Balaban J connectivity index is 2.07. The van der Waals surface area contributed by atoms with Crippen molar-refractivity contribution in [2.24, 2.45) is 0 Å². The molecule has 0 atom stereocenters. The van der Waals surface area contributed by atoms with Crippen LogP contribution in [-0.2, 0) is 14.4 Å². The van der Waals surface area contributed by atoms with Crippen LogP contribution in [-0.4, -0.2) is 24.3 Å². The molecule has 0 aliphatic heterocycles. The van der Waals surface area contributed by atoms with Crippen molar-refractivity contribution in [3.05, 3.63) is 53.8 Å². The summed E-state index contributed by atoms with van der Waals surface area (Å²) in [6, 6.07) is 8.07. The summed E-state index contributed by atoms with van der Waals surface area (Å²) >= 11 is 0. The van der Waals surface area contributed by atoms with Gasteiger partial charge in [0, 0.05) is 38.2 Å². The third-order valence-corrected chi connectivity index (χ3v) is 3.73. The molecule has 28 heavy (non-hydrogen) atoms. The second kappa shape index (κ2) is 9.03. The molecule has 0 bridgehead atoms. The van der Waals surface area contributed by atoms with Crippen LogP contribution in [0.3, 0.4) is 0 Å². The Morgan fingerprint density at radius 3 is 2.32 bits per heavy atom. The van der Waals surface area contributed by atoms with E-state index in [0.717, 1.165) is 6.07 Å². The number of carbonyl (C=O) groups excluding carboxylic acids is 3. The average molecular weight is 393 g/mol. The van der Waals surface area contributed by atoms with E-state index in [1.807, 2.05) is 0 Å². The number of benzene rings is 2.